The first-order valence-electron chi connectivity index (χ1n) is 13.3. The summed E-state index contributed by atoms with van der Waals surface area (Å²) < 4.78 is 31.7. The van der Waals surface area contributed by atoms with E-state index in [-0.39, 0.29) is 23.2 Å². The van der Waals surface area contributed by atoms with Crippen molar-refractivity contribution in [2.75, 3.05) is 51.6 Å². The first-order valence-corrected chi connectivity index (χ1v) is 13.3. The lowest BCUT2D eigenvalue weighted by Gasteiger charge is -2.32. The molecule has 0 bridgehead atoms. The standard InChI is InChI=1S/C28H35F2N9/c1-18(2)39-19(3)34-27-22(29)13-21(14-24(27)39)26-23(30)17-33-28(36-26)35-25-6-5-20(16-32-25)15-31-7-8-38-11-9-37(4)10-12-38/h5-6,13-14,16-18,31H,7-12,15H2,1-4H3,(H,32,33,35,36). The van der Waals surface area contributed by atoms with E-state index in [1.54, 1.807) is 12.3 Å². The number of piperazine rings is 1. The summed E-state index contributed by atoms with van der Waals surface area (Å²) in [6.45, 7) is 12.9. The van der Waals surface area contributed by atoms with E-state index in [9.17, 15) is 8.78 Å². The fourth-order valence-electron chi connectivity index (χ4n) is 4.95. The lowest BCUT2D eigenvalue weighted by molar-refractivity contribution is 0.154. The number of hydrogen-bond acceptors (Lipinski definition) is 8. The second-order valence-corrected chi connectivity index (χ2v) is 10.3. The molecule has 1 aromatic carbocycles. The number of nitrogens with zero attached hydrogens (tertiary/aromatic N) is 7. The van der Waals surface area contributed by atoms with Gasteiger partial charge in [-0.1, -0.05) is 6.07 Å². The van der Waals surface area contributed by atoms with Gasteiger partial charge in [0.25, 0.3) is 0 Å². The first-order chi connectivity index (χ1) is 18.8. The van der Waals surface area contributed by atoms with Gasteiger partial charge < -0.3 is 20.1 Å². The Hall–Kier alpha value is -3.54. The van der Waals surface area contributed by atoms with Crippen LogP contribution >= 0.6 is 0 Å². The van der Waals surface area contributed by atoms with E-state index in [1.165, 1.54) is 6.07 Å². The molecule has 0 amide bonds. The third-order valence-corrected chi connectivity index (χ3v) is 7.05. The zero-order valence-electron chi connectivity index (χ0n) is 22.9. The average Bonchev–Trinajstić information content (AvgIpc) is 3.26. The Morgan fingerprint density at radius 2 is 1.77 bits per heavy atom. The van der Waals surface area contributed by atoms with Gasteiger partial charge >= 0.3 is 0 Å². The van der Waals surface area contributed by atoms with E-state index in [1.807, 2.05) is 37.5 Å². The van der Waals surface area contributed by atoms with E-state index in [0.29, 0.717) is 22.7 Å². The maximum absolute atomic E-state index is 14.9. The number of fused-ring (bicyclic) bond motifs is 1. The first kappa shape index (κ1) is 27.0. The van der Waals surface area contributed by atoms with Crippen LogP contribution in [-0.4, -0.2) is 80.6 Å². The molecule has 3 aromatic heterocycles. The Kier molecular flexibility index (Phi) is 8.10. The lowest BCUT2D eigenvalue weighted by atomic mass is 10.1. The van der Waals surface area contributed by atoms with E-state index in [2.05, 4.69) is 47.4 Å². The second kappa shape index (κ2) is 11.7. The minimum atomic E-state index is -0.641. The van der Waals surface area contributed by atoms with Crippen molar-refractivity contribution in [3.63, 3.8) is 0 Å². The molecule has 5 rings (SSSR count). The number of halogens is 2. The number of aryl methyl sites for hydroxylation is 1. The molecular weight excluding hydrogens is 500 g/mol. The zero-order valence-corrected chi connectivity index (χ0v) is 22.9. The SMILES string of the molecule is Cc1nc2c(F)cc(-c3nc(Nc4ccc(CNCCN5CCN(C)CC5)cn4)ncc3F)cc2n1C(C)C. The van der Waals surface area contributed by atoms with Gasteiger partial charge in [-0.15, -0.1) is 0 Å². The molecule has 0 aliphatic carbocycles. The van der Waals surface area contributed by atoms with Crippen molar-refractivity contribution < 1.29 is 8.78 Å². The number of benzene rings is 1. The van der Waals surface area contributed by atoms with Crippen LogP contribution in [0.4, 0.5) is 20.5 Å². The van der Waals surface area contributed by atoms with Crippen molar-refractivity contribution in [2.45, 2.75) is 33.4 Å². The Morgan fingerprint density at radius 3 is 2.49 bits per heavy atom. The highest BCUT2D eigenvalue weighted by molar-refractivity contribution is 5.83. The van der Waals surface area contributed by atoms with Gasteiger partial charge in [-0.3, -0.25) is 4.90 Å². The number of hydrogen-bond donors (Lipinski definition) is 2. The van der Waals surface area contributed by atoms with E-state index in [0.717, 1.165) is 57.6 Å². The summed E-state index contributed by atoms with van der Waals surface area (Å²) in [6.07, 6.45) is 2.87. The normalized spacial score (nSPS) is 14.9. The fourth-order valence-corrected chi connectivity index (χ4v) is 4.95. The zero-order chi connectivity index (χ0) is 27.5. The van der Waals surface area contributed by atoms with Crippen LogP contribution in [0, 0.1) is 18.6 Å². The van der Waals surface area contributed by atoms with Crippen LogP contribution in [0.1, 0.15) is 31.3 Å². The van der Waals surface area contributed by atoms with Gasteiger partial charge in [0.2, 0.25) is 5.95 Å². The Labute approximate surface area is 227 Å². The molecule has 0 radical (unpaired) electrons. The van der Waals surface area contributed by atoms with Gasteiger partial charge in [-0.05, 0) is 51.6 Å². The predicted molar refractivity (Wildman–Crippen MR) is 149 cm³/mol. The average molecular weight is 536 g/mol. The van der Waals surface area contributed by atoms with Crippen LogP contribution in [-0.2, 0) is 6.54 Å². The maximum Gasteiger partial charge on any atom is 0.229 e. The Balaban J connectivity index is 1.25. The molecule has 1 aliphatic rings. The third-order valence-electron chi connectivity index (χ3n) is 7.05. The second-order valence-electron chi connectivity index (χ2n) is 10.3. The summed E-state index contributed by atoms with van der Waals surface area (Å²) in [6, 6.07) is 6.86. The monoisotopic (exact) mass is 535 g/mol. The van der Waals surface area contributed by atoms with Crippen LogP contribution in [0.5, 0.6) is 0 Å². The molecule has 11 heteroatoms. The molecule has 2 N–H and O–H groups in total. The van der Waals surface area contributed by atoms with Crippen molar-refractivity contribution >= 4 is 22.8 Å². The molecule has 39 heavy (non-hydrogen) atoms. The summed E-state index contributed by atoms with van der Waals surface area (Å²) in [7, 11) is 2.16. The molecule has 9 nitrogen and oxygen atoms in total. The third kappa shape index (κ3) is 6.21. The van der Waals surface area contributed by atoms with Crippen molar-refractivity contribution in [3.05, 3.63) is 59.7 Å². The van der Waals surface area contributed by atoms with Crippen molar-refractivity contribution in [1.29, 1.82) is 0 Å². The van der Waals surface area contributed by atoms with Gasteiger partial charge in [0.15, 0.2) is 11.6 Å². The fraction of sp³-hybridized carbons (Fsp3) is 0.429. The highest BCUT2D eigenvalue weighted by atomic mass is 19.1. The summed E-state index contributed by atoms with van der Waals surface area (Å²) in [5.41, 5.74) is 2.23. The number of nitrogens with one attached hydrogen (secondary N) is 2. The molecule has 0 atom stereocenters. The summed E-state index contributed by atoms with van der Waals surface area (Å²) >= 11 is 0. The topological polar surface area (TPSA) is 87.0 Å². The van der Waals surface area contributed by atoms with Gasteiger partial charge in [0.05, 0.1) is 11.7 Å². The number of likely N-dealkylation sites (N-methyl/N-ethyl adjacent to an activating group) is 1. The van der Waals surface area contributed by atoms with Crippen LogP contribution in [0.3, 0.4) is 0 Å². The molecule has 0 saturated carbocycles. The molecular formula is C28H35F2N9. The molecule has 4 heterocycles. The van der Waals surface area contributed by atoms with Gasteiger partial charge in [-0.25, -0.2) is 28.7 Å². The Bertz CT molecular complexity index is 1430. The molecule has 1 saturated heterocycles. The molecule has 4 aromatic rings. The minimum absolute atomic E-state index is 0.00336. The van der Waals surface area contributed by atoms with Crippen LogP contribution in [0.15, 0.2) is 36.7 Å². The van der Waals surface area contributed by atoms with Crippen LogP contribution in [0.2, 0.25) is 0 Å². The van der Waals surface area contributed by atoms with Crippen LogP contribution in [0.25, 0.3) is 22.3 Å². The number of aromatic nitrogens is 5. The van der Waals surface area contributed by atoms with E-state index >= 15 is 0 Å². The van der Waals surface area contributed by atoms with Gasteiger partial charge in [-0.2, -0.15) is 0 Å². The lowest BCUT2D eigenvalue weighted by Crippen LogP contribution is -2.46. The quantitative estimate of drug-likeness (QED) is 0.310. The molecule has 1 fully saturated rings. The van der Waals surface area contributed by atoms with E-state index < -0.39 is 11.6 Å². The molecule has 0 unspecified atom stereocenters. The van der Waals surface area contributed by atoms with Crippen molar-refractivity contribution in [1.82, 2.24) is 39.6 Å². The largest absolute Gasteiger partial charge is 0.326 e. The highest BCUT2D eigenvalue weighted by Crippen LogP contribution is 2.30. The maximum atomic E-state index is 14.9. The van der Waals surface area contributed by atoms with Gasteiger partial charge in [0, 0.05) is 63.6 Å². The smallest absolute Gasteiger partial charge is 0.229 e. The summed E-state index contributed by atoms with van der Waals surface area (Å²) in [5.74, 6) is 0.237. The molecule has 1 aliphatic heterocycles. The number of rotatable bonds is 9. The molecule has 206 valence electrons. The predicted octanol–water partition coefficient (Wildman–Crippen LogP) is 4.14. The minimum Gasteiger partial charge on any atom is -0.326 e. The number of pyridine rings is 1. The molecule has 0 spiro atoms. The van der Waals surface area contributed by atoms with Crippen LogP contribution < -0.4 is 10.6 Å². The summed E-state index contributed by atoms with van der Waals surface area (Å²) in [4.78, 5) is 22.0. The van der Waals surface area contributed by atoms with Crippen molar-refractivity contribution in [3.8, 4) is 11.3 Å². The van der Waals surface area contributed by atoms with Gasteiger partial charge in [0.1, 0.15) is 22.9 Å². The Morgan fingerprint density at radius 1 is 0.974 bits per heavy atom. The van der Waals surface area contributed by atoms with Crippen molar-refractivity contribution in [2.24, 2.45) is 0 Å². The number of anilines is 2. The number of imidazole rings is 1. The van der Waals surface area contributed by atoms with E-state index in [4.69, 9.17) is 0 Å². The summed E-state index contributed by atoms with van der Waals surface area (Å²) in [5, 5.41) is 6.50. The highest BCUT2D eigenvalue weighted by Gasteiger charge is 2.18.